The van der Waals surface area contributed by atoms with E-state index in [1.165, 1.54) is 14.0 Å². The zero-order valence-electron chi connectivity index (χ0n) is 46.9. The van der Waals surface area contributed by atoms with Gasteiger partial charge in [-0.3, -0.25) is 14.1 Å². The average molecular weight is 1180 g/mol. The number of aliphatic hydroxyl groups is 9. The molecule has 0 amide bonds. The molecule has 0 unspecified atom stereocenters. The van der Waals surface area contributed by atoms with Crippen molar-refractivity contribution in [2.75, 3.05) is 33.5 Å². The lowest BCUT2D eigenvalue weighted by Crippen LogP contribution is -2.66. The summed E-state index contributed by atoms with van der Waals surface area (Å²) in [6.45, 7) is 12.7. The van der Waals surface area contributed by atoms with Crippen molar-refractivity contribution in [2.45, 2.75) is 222 Å². The van der Waals surface area contributed by atoms with E-state index in [1.54, 1.807) is 19.1 Å². The molecule has 26 nitrogen and oxygen atoms in total. The van der Waals surface area contributed by atoms with Gasteiger partial charge in [-0.05, 0) is 88.0 Å². The number of carbonyl (C=O) groups excluding carboxylic acids is 2. The Balaban J connectivity index is 0.908. The number of hydrogen-bond acceptors (Lipinski definition) is 25. The molecule has 9 rings (SSSR count). The molecule has 10 N–H and O–H groups in total. The summed E-state index contributed by atoms with van der Waals surface area (Å²) in [5.74, 6) is -1.33. The minimum absolute atomic E-state index is 0.0915. The van der Waals surface area contributed by atoms with Crippen molar-refractivity contribution in [3.05, 3.63) is 35.5 Å². The molecular weight excluding hydrogens is 1100 g/mol. The van der Waals surface area contributed by atoms with Gasteiger partial charge in [0.25, 0.3) is 0 Å². The Kier molecular flexibility index (Phi) is 17.7. The molecule has 81 heavy (non-hydrogen) atoms. The molecule has 1 spiro atoms. The number of cyclic esters (lactones) is 1. The number of aliphatic hydroxyl groups excluding tert-OH is 8. The van der Waals surface area contributed by atoms with Gasteiger partial charge in [-0.25, -0.2) is 4.18 Å². The van der Waals surface area contributed by atoms with Crippen molar-refractivity contribution in [3.8, 4) is 0 Å². The summed E-state index contributed by atoms with van der Waals surface area (Å²) < 4.78 is 103. The maximum Gasteiger partial charge on any atom is 0.397 e. The molecule has 0 radical (unpaired) electrons. The Morgan fingerprint density at radius 3 is 2.05 bits per heavy atom. The van der Waals surface area contributed by atoms with Crippen LogP contribution in [0.4, 0.5) is 0 Å². The van der Waals surface area contributed by atoms with Crippen LogP contribution in [0.15, 0.2) is 35.5 Å². The van der Waals surface area contributed by atoms with Crippen LogP contribution < -0.4 is 0 Å². The van der Waals surface area contributed by atoms with E-state index in [4.69, 9.17) is 56.3 Å². The summed E-state index contributed by atoms with van der Waals surface area (Å²) in [4.78, 5) is 27.4. The van der Waals surface area contributed by atoms with Gasteiger partial charge in [0.15, 0.2) is 36.4 Å². The van der Waals surface area contributed by atoms with Gasteiger partial charge in [0.2, 0.25) is 0 Å². The molecule has 3 saturated carbocycles. The fourth-order valence-corrected chi connectivity index (χ4v) is 16.1. The second-order valence-electron chi connectivity index (χ2n) is 24.9. The summed E-state index contributed by atoms with van der Waals surface area (Å²) in [5.41, 5.74) is -5.04. The van der Waals surface area contributed by atoms with Crippen LogP contribution in [0.1, 0.15) is 93.9 Å². The lowest BCUT2D eigenvalue weighted by Gasteiger charge is -2.64. The largest absolute Gasteiger partial charge is 0.459 e. The monoisotopic (exact) mass is 1180 g/mol. The minimum Gasteiger partial charge on any atom is -0.459 e. The third-order valence-electron chi connectivity index (χ3n) is 19.7. The Morgan fingerprint density at radius 2 is 1.40 bits per heavy atom. The fraction of sp³-hybridized carbons (Fsp3) is 0.852. The molecule has 0 bridgehead atoms. The van der Waals surface area contributed by atoms with Crippen molar-refractivity contribution >= 4 is 22.3 Å². The molecular formula is C54H82O26S. The zero-order chi connectivity index (χ0) is 59.3. The summed E-state index contributed by atoms with van der Waals surface area (Å²) in [6.07, 6.45) is -19.8. The number of allylic oxidation sites excluding steroid dienone is 5. The van der Waals surface area contributed by atoms with Gasteiger partial charge in [-0.15, -0.1) is 0 Å². The van der Waals surface area contributed by atoms with E-state index < -0.39 is 198 Å². The van der Waals surface area contributed by atoms with Gasteiger partial charge >= 0.3 is 22.3 Å². The highest BCUT2D eigenvalue weighted by molar-refractivity contribution is 7.80. The Morgan fingerprint density at radius 1 is 0.753 bits per heavy atom. The van der Waals surface area contributed by atoms with Crippen molar-refractivity contribution in [2.24, 2.45) is 33.5 Å². The van der Waals surface area contributed by atoms with E-state index in [-0.39, 0.29) is 24.7 Å². The van der Waals surface area contributed by atoms with Gasteiger partial charge in [-0.2, -0.15) is 8.42 Å². The van der Waals surface area contributed by atoms with Crippen molar-refractivity contribution in [3.63, 3.8) is 0 Å². The lowest BCUT2D eigenvalue weighted by atomic mass is 9.40. The third kappa shape index (κ3) is 10.5. The topological polar surface area (TPSA) is 381 Å². The van der Waals surface area contributed by atoms with Crippen molar-refractivity contribution < 1.29 is 125 Å². The first-order valence-electron chi connectivity index (χ1n) is 27.7. The molecule has 5 saturated heterocycles. The highest BCUT2D eigenvalue weighted by Gasteiger charge is 2.87. The van der Waals surface area contributed by atoms with Gasteiger partial charge in [0.1, 0.15) is 90.9 Å². The predicted molar refractivity (Wildman–Crippen MR) is 272 cm³/mol. The minimum atomic E-state index is -5.17. The number of esters is 2. The number of ether oxygens (including phenoxy) is 11. The zero-order valence-corrected chi connectivity index (χ0v) is 47.7. The fourth-order valence-electron chi connectivity index (χ4n) is 15.6. The molecule has 0 aromatic carbocycles. The van der Waals surface area contributed by atoms with Crippen LogP contribution in [0.25, 0.3) is 0 Å². The van der Waals surface area contributed by atoms with Crippen LogP contribution >= 0.6 is 0 Å². The molecule has 26 atom stereocenters. The smallest absolute Gasteiger partial charge is 0.397 e. The van der Waals surface area contributed by atoms with Gasteiger partial charge in [0, 0.05) is 19.4 Å². The highest BCUT2D eigenvalue weighted by Crippen LogP contribution is 2.77. The van der Waals surface area contributed by atoms with Crippen molar-refractivity contribution in [1.82, 2.24) is 0 Å². The number of methoxy groups -OCH3 is 1. The maximum atomic E-state index is 14.7. The summed E-state index contributed by atoms with van der Waals surface area (Å²) in [5, 5.41) is 101. The number of fused-ring (bicyclic) bond motifs is 4. The van der Waals surface area contributed by atoms with Crippen LogP contribution in [0.2, 0.25) is 0 Å². The second-order valence-corrected chi connectivity index (χ2v) is 26.0. The van der Waals surface area contributed by atoms with Crippen LogP contribution in [0.5, 0.6) is 0 Å². The number of rotatable bonds is 15. The first-order valence-corrected chi connectivity index (χ1v) is 29.0. The standard InChI is InChI=1S/C54H82O26S/c1-24(2)11-10-16-52(8)54(65)34(73-25(3)56)19-51(7)27-12-13-32-49(4,5)33(15-17-50(32,6)26(27)14-18-53(51,54)48(64)79-52)76-47-43(37(60)31(23-72-47)80-81(66,67)68)78-44-38(61)35(58)30(22-71-44)75-45-39(62)41(28(57)21-70-45)77-46-40(63)42(69-9)36(59)29(20-55)74-46/h10-12,16,26,28-47,55,57-63,65H,13-15,17-23H2,1-9H3,(H,66,67,68)/b16-10-/t26-,28-,29-,30-,31-,32+,33+,34+,35+,36-,37+,38-,39-,40-,41+,42+,43-,44+,45+,46+,47+,50-,51+,52+,53-,54+/m1/s1. The van der Waals surface area contributed by atoms with E-state index in [0.717, 1.165) is 11.1 Å². The van der Waals surface area contributed by atoms with E-state index >= 15 is 0 Å². The molecule has 9 aliphatic rings. The molecule has 4 aliphatic carbocycles. The predicted octanol–water partition coefficient (Wildman–Crippen LogP) is -0.878. The summed E-state index contributed by atoms with van der Waals surface area (Å²) in [7, 11) is -3.97. The molecule has 460 valence electrons. The van der Waals surface area contributed by atoms with E-state index in [2.05, 4.69) is 13.0 Å². The number of carbonyl (C=O) groups is 2. The second kappa shape index (κ2) is 22.9. The van der Waals surface area contributed by atoms with Gasteiger partial charge in [0.05, 0.1) is 32.5 Å². The molecule has 0 aromatic heterocycles. The van der Waals surface area contributed by atoms with Crippen LogP contribution in [0, 0.1) is 33.5 Å². The first kappa shape index (κ1) is 62.8. The SMILES string of the molecule is CO[C@@H]1[C@@H](O)[C@H](O[C@@H]2[C@@H](O)[C@H](O[C@@H]3CO[C@@H](O[C@H]4[C@H](O[C@H]5CC[C@]6(C)[C@@H]7CC[C@]89C(=O)O[C@@](C)(/C=C\C=C(C)C)[C@@]8(O)[C@@H](OC(C)=O)C[C@@]9(C)C7=CC[C@H]6C5(C)C)OC[C@@H](OS(=O)(=O)O)[C@@H]4O)[C@H](O)[C@H]3O)OC[C@H]2O)O[C@H](CO)[C@H]1O. The number of hydrogen-bond donors (Lipinski definition) is 10. The maximum absolute atomic E-state index is 14.7. The lowest BCUT2D eigenvalue weighted by molar-refractivity contribution is -0.373. The van der Waals surface area contributed by atoms with E-state index in [1.807, 2.05) is 40.7 Å². The van der Waals surface area contributed by atoms with Crippen LogP contribution in [-0.4, -0.2) is 232 Å². The Bertz CT molecular complexity index is 2520. The molecule has 5 heterocycles. The first-order chi connectivity index (χ1) is 37.8. The van der Waals surface area contributed by atoms with Gasteiger partial charge in [-0.1, -0.05) is 57.1 Å². The third-order valence-corrected chi connectivity index (χ3v) is 20.2. The summed E-state index contributed by atoms with van der Waals surface area (Å²) >= 11 is 0. The highest BCUT2D eigenvalue weighted by atomic mass is 32.3. The molecule has 0 aromatic rings. The summed E-state index contributed by atoms with van der Waals surface area (Å²) in [6, 6.07) is 0. The molecule has 27 heteroatoms. The Hall–Kier alpha value is -2.69. The molecule has 8 fully saturated rings. The average Bonchev–Trinajstić information content (AvgIpc) is 1.75. The normalized spacial score (nSPS) is 49.6. The van der Waals surface area contributed by atoms with Gasteiger partial charge < -0.3 is 98.1 Å². The molecule has 5 aliphatic heterocycles. The van der Waals surface area contributed by atoms with Crippen molar-refractivity contribution in [1.29, 1.82) is 0 Å². The van der Waals surface area contributed by atoms with E-state index in [0.29, 0.717) is 25.7 Å². The van der Waals surface area contributed by atoms with Crippen LogP contribution in [-0.2, 0) is 76.3 Å². The Labute approximate surface area is 470 Å². The van der Waals surface area contributed by atoms with Crippen LogP contribution in [0.3, 0.4) is 0 Å². The van der Waals surface area contributed by atoms with E-state index in [9.17, 15) is 68.5 Å². The quantitative estimate of drug-likeness (QED) is 0.0412.